The summed E-state index contributed by atoms with van der Waals surface area (Å²) in [5.74, 6) is -0.265. The Labute approximate surface area is 125 Å². The van der Waals surface area contributed by atoms with Crippen molar-refractivity contribution < 1.29 is 13.9 Å². The Kier molecular flexibility index (Phi) is 4.52. The van der Waals surface area contributed by atoms with Gasteiger partial charge in [0.2, 0.25) is 0 Å². The normalized spacial score (nSPS) is 23.0. The third-order valence-electron chi connectivity index (χ3n) is 3.62. The summed E-state index contributed by atoms with van der Waals surface area (Å²) in [4.78, 5) is 13.8. The largest absolute Gasteiger partial charge is 0.444 e. The molecule has 0 radical (unpaired) electrons. The SMILES string of the molecule is CC(C)(C)OC(=O)N1CC[C@@H](N)[C@@H](c2ccc(F)cc2)C1. The predicted octanol–water partition coefficient (Wildman–Crippen LogP) is 2.88. The highest BCUT2D eigenvalue weighted by molar-refractivity contribution is 5.68. The van der Waals surface area contributed by atoms with Gasteiger partial charge >= 0.3 is 6.09 Å². The number of benzene rings is 1. The third-order valence-corrected chi connectivity index (χ3v) is 3.62. The van der Waals surface area contributed by atoms with Crippen LogP contribution in [0, 0.1) is 5.82 Å². The molecular formula is C16H23FN2O2. The maximum absolute atomic E-state index is 13.0. The molecule has 21 heavy (non-hydrogen) atoms. The van der Waals surface area contributed by atoms with E-state index in [0.717, 1.165) is 5.56 Å². The summed E-state index contributed by atoms with van der Waals surface area (Å²) in [6.45, 7) is 6.63. The van der Waals surface area contributed by atoms with Gasteiger partial charge in [-0.3, -0.25) is 0 Å². The van der Waals surface area contributed by atoms with Gasteiger partial charge in [-0.1, -0.05) is 12.1 Å². The molecule has 116 valence electrons. The smallest absolute Gasteiger partial charge is 0.410 e. The molecule has 1 amide bonds. The second-order valence-corrected chi connectivity index (χ2v) is 6.54. The lowest BCUT2D eigenvalue weighted by Gasteiger charge is -2.37. The zero-order valence-corrected chi connectivity index (χ0v) is 12.8. The van der Waals surface area contributed by atoms with Crippen LogP contribution >= 0.6 is 0 Å². The molecule has 0 bridgehead atoms. The van der Waals surface area contributed by atoms with Crippen LogP contribution in [-0.2, 0) is 4.74 Å². The Balaban J connectivity index is 2.09. The van der Waals surface area contributed by atoms with Crippen LogP contribution in [0.15, 0.2) is 24.3 Å². The summed E-state index contributed by atoms with van der Waals surface area (Å²) >= 11 is 0. The van der Waals surface area contributed by atoms with Gasteiger partial charge < -0.3 is 15.4 Å². The van der Waals surface area contributed by atoms with E-state index in [-0.39, 0.29) is 23.9 Å². The number of nitrogens with zero attached hydrogens (tertiary/aromatic N) is 1. The van der Waals surface area contributed by atoms with Gasteiger partial charge in [0.05, 0.1) is 0 Å². The molecule has 0 saturated carbocycles. The van der Waals surface area contributed by atoms with Crippen molar-refractivity contribution in [3.63, 3.8) is 0 Å². The molecule has 1 aromatic carbocycles. The van der Waals surface area contributed by atoms with Gasteiger partial charge in [-0.25, -0.2) is 9.18 Å². The lowest BCUT2D eigenvalue weighted by Crippen LogP contribution is -2.49. The van der Waals surface area contributed by atoms with Crippen molar-refractivity contribution in [2.75, 3.05) is 13.1 Å². The van der Waals surface area contributed by atoms with Gasteiger partial charge in [0, 0.05) is 25.0 Å². The summed E-state index contributed by atoms with van der Waals surface area (Å²) in [6.07, 6.45) is 0.392. The van der Waals surface area contributed by atoms with Gasteiger partial charge in [0.15, 0.2) is 0 Å². The highest BCUT2D eigenvalue weighted by Crippen LogP contribution is 2.27. The third kappa shape index (κ3) is 4.17. The van der Waals surface area contributed by atoms with E-state index in [9.17, 15) is 9.18 Å². The number of ether oxygens (including phenoxy) is 1. The van der Waals surface area contributed by atoms with Crippen LogP contribution in [-0.4, -0.2) is 35.7 Å². The van der Waals surface area contributed by atoms with E-state index in [1.165, 1.54) is 12.1 Å². The Bertz CT molecular complexity index is 496. The number of piperidine rings is 1. The molecule has 0 spiro atoms. The lowest BCUT2D eigenvalue weighted by atomic mass is 9.87. The average Bonchev–Trinajstić information content (AvgIpc) is 2.38. The predicted molar refractivity (Wildman–Crippen MR) is 79.5 cm³/mol. The first-order valence-electron chi connectivity index (χ1n) is 7.25. The molecular weight excluding hydrogens is 271 g/mol. The topological polar surface area (TPSA) is 55.6 Å². The average molecular weight is 294 g/mol. The van der Waals surface area contributed by atoms with Crippen LogP contribution in [0.2, 0.25) is 0 Å². The number of carbonyl (C=O) groups excluding carboxylic acids is 1. The molecule has 1 saturated heterocycles. The molecule has 1 aliphatic heterocycles. The molecule has 1 heterocycles. The molecule has 2 rings (SSSR count). The number of amides is 1. The maximum atomic E-state index is 13.0. The first-order valence-corrected chi connectivity index (χ1v) is 7.25. The summed E-state index contributed by atoms with van der Waals surface area (Å²) < 4.78 is 18.4. The van der Waals surface area contributed by atoms with E-state index in [0.29, 0.717) is 19.5 Å². The van der Waals surface area contributed by atoms with Crippen LogP contribution in [0.25, 0.3) is 0 Å². The minimum Gasteiger partial charge on any atom is -0.444 e. The van der Waals surface area contributed by atoms with Crippen molar-refractivity contribution in [2.24, 2.45) is 5.73 Å². The van der Waals surface area contributed by atoms with Crippen molar-refractivity contribution in [1.82, 2.24) is 4.90 Å². The highest BCUT2D eigenvalue weighted by Gasteiger charge is 2.32. The number of carbonyl (C=O) groups is 1. The molecule has 0 aliphatic carbocycles. The Morgan fingerprint density at radius 1 is 1.33 bits per heavy atom. The maximum Gasteiger partial charge on any atom is 0.410 e. The first-order chi connectivity index (χ1) is 9.76. The molecule has 1 aromatic rings. The van der Waals surface area contributed by atoms with Gasteiger partial charge in [-0.05, 0) is 44.9 Å². The number of rotatable bonds is 1. The number of nitrogens with two attached hydrogens (primary N) is 1. The highest BCUT2D eigenvalue weighted by atomic mass is 19.1. The zero-order valence-electron chi connectivity index (χ0n) is 12.8. The van der Waals surface area contributed by atoms with Crippen LogP contribution in [0.5, 0.6) is 0 Å². The fourth-order valence-corrected chi connectivity index (χ4v) is 2.53. The van der Waals surface area contributed by atoms with Gasteiger partial charge in [0.1, 0.15) is 11.4 Å². The van der Waals surface area contributed by atoms with Crippen LogP contribution < -0.4 is 5.73 Å². The van der Waals surface area contributed by atoms with E-state index in [1.54, 1.807) is 17.0 Å². The van der Waals surface area contributed by atoms with E-state index in [1.807, 2.05) is 20.8 Å². The number of halogens is 1. The monoisotopic (exact) mass is 294 g/mol. The summed E-state index contributed by atoms with van der Waals surface area (Å²) in [5.41, 5.74) is 6.61. The molecule has 2 N–H and O–H groups in total. The quantitative estimate of drug-likeness (QED) is 0.866. The summed E-state index contributed by atoms with van der Waals surface area (Å²) in [7, 11) is 0. The minimum absolute atomic E-state index is 0.00636. The van der Waals surface area contributed by atoms with Crippen LogP contribution in [0.3, 0.4) is 0 Å². The molecule has 4 nitrogen and oxygen atoms in total. The Morgan fingerprint density at radius 2 is 1.95 bits per heavy atom. The number of hydrogen-bond donors (Lipinski definition) is 1. The summed E-state index contributed by atoms with van der Waals surface area (Å²) in [5, 5.41) is 0. The van der Waals surface area contributed by atoms with Gasteiger partial charge in [0.25, 0.3) is 0 Å². The van der Waals surface area contributed by atoms with Crippen molar-refractivity contribution in [3.8, 4) is 0 Å². The second kappa shape index (κ2) is 6.02. The number of likely N-dealkylation sites (tertiary alicyclic amines) is 1. The van der Waals surface area contributed by atoms with Crippen molar-refractivity contribution in [3.05, 3.63) is 35.6 Å². The van der Waals surface area contributed by atoms with E-state index in [2.05, 4.69) is 0 Å². The minimum atomic E-state index is -0.512. The van der Waals surface area contributed by atoms with Crippen LogP contribution in [0.4, 0.5) is 9.18 Å². The van der Waals surface area contributed by atoms with E-state index in [4.69, 9.17) is 10.5 Å². The van der Waals surface area contributed by atoms with Crippen LogP contribution in [0.1, 0.15) is 38.7 Å². The zero-order chi connectivity index (χ0) is 15.6. The second-order valence-electron chi connectivity index (χ2n) is 6.54. The first kappa shape index (κ1) is 15.8. The molecule has 0 aromatic heterocycles. The molecule has 2 atom stereocenters. The lowest BCUT2D eigenvalue weighted by molar-refractivity contribution is 0.0186. The van der Waals surface area contributed by atoms with Gasteiger partial charge in [-0.2, -0.15) is 0 Å². The van der Waals surface area contributed by atoms with E-state index < -0.39 is 5.60 Å². The number of hydrogen-bond acceptors (Lipinski definition) is 3. The van der Waals surface area contributed by atoms with Gasteiger partial charge in [-0.15, -0.1) is 0 Å². The standard InChI is InChI=1S/C16H23FN2O2/c1-16(2,3)21-15(20)19-9-8-14(18)13(10-19)11-4-6-12(17)7-5-11/h4-7,13-14H,8-10,18H2,1-3H3/t13-,14-/m1/s1. The molecule has 1 fully saturated rings. The fourth-order valence-electron chi connectivity index (χ4n) is 2.53. The molecule has 1 aliphatic rings. The molecule has 5 heteroatoms. The Morgan fingerprint density at radius 3 is 2.52 bits per heavy atom. The van der Waals surface area contributed by atoms with Crippen molar-refractivity contribution in [1.29, 1.82) is 0 Å². The summed E-state index contributed by atoms with van der Waals surface area (Å²) in [6, 6.07) is 6.29. The Hall–Kier alpha value is -1.62. The van der Waals surface area contributed by atoms with Crippen molar-refractivity contribution >= 4 is 6.09 Å². The molecule has 0 unspecified atom stereocenters. The van der Waals surface area contributed by atoms with E-state index >= 15 is 0 Å². The fraction of sp³-hybridized carbons (Fsp3) is 0.562. The van der Waals surface area contributed by atoms with Crippen molar-refractivity contribution in [2.45, 2.75) is 44.8 Å².